The van der Waals surface area contributed by atoms with Gasteiger partial charge in [0, 0.05) is 20.0 Å². The third-order valence-corrected chi connectivity index (χ3v) is 8.76. The minimum Gasteiger partial charge on any atom is -0.469 e. The largest absolute Gasteiger partial charge is 0.469 e. The van der Waals surface area contributed by atoms with Crippen LogP contribution in [0.5, 0.6) is 0 Å². The maximum absolute atomic E-state index is 12.1. The lowest BCUT2D eigenvalue weighted by atomic mass is 9.95. The first kappa shape index (κ1) is 41.8. The van der Waals surface area contributed by atoms with Crippen LogP contribution in [0.25, 0.3) is 0 Å². The van der Waals surface area contributed by atoms with E-state index in [4.69, 9.17) is 28.4 Å². The lowest BCUT2D eigenvalue weighted by Gasteiger charge is -2.48. The highest BCUT2D eigenvalue weighted by Gasteiger charge is 2.54. The van der Waals surface area contributed by atoms with Gasteiger partial charge in [0.2, 0.25) is 5.91 Å². The first-order chi connectivity index (χ1) is 23.4. The van der Waals surface area contributed by atoms with E-state index in [1.54, 1.807) is 0 Å². The highest BCUT2D eigenvalue weighted by molar-refractivity contribution is 5.73. The smallest absolute Gasteiger partial charge is 0.305 e. The third-order valence-electron chi connectivity index (χ3n) is 8.76. The highest BCUT2D eigenvalue weighted by atomic mass is 16.8. The van der Waals surface area contributed by atoms with E-state index in [1.165, 1.54) is 14.0 Å². The number of hydrogen-bond donors (Lipinski definition) is 10. The molecule has 0 saturated carbocycles. The van der Waals surface area contributed by atoms with Crippen molar-refractivity contribution in [3.05, 3.63) is 0 Å². The van der Waals surface area contributed by atoms with Crippen molar-refractivity contribution in [2.45, 2.75) is 144 Å². The zero-order valence-corrected chi connectivity index (χ0v) is 27.6. The molecule has 3 saturated heterocycles. The number of rotatable bonds is 18. The summed E-state index contributed by atoms with van der Waals surface area (Å²) in [4.78, 5) is 23.3. The maximum atomic E-state index is 12.1. The van der Waals surface area contributed by atoms with E-state index in [0.717, 1.165) is 32.1 Å². The lowest BCUT2D eigenvalue weighted by molar-refractivity contribution is -0.376. The van der Waals surface area contributed by atoms with E-state index in [0.29, 0.717) is 12.8 Å². The number of carbonyl (C=O) groups is 2. The van der Waals surface area contributed by atoms with Gasteiger partial charge in [0.05, 0.1) is 26.9 Å². The second-order valence-electron chi connectivity index (χ2n) is 12.4. The van der Waals surface area contributed by atoms with E-state index >= 15 is 0 Å². The third kappa shape index (κ3) is 11.2. The average Bonchev–Trinajstić information content (AvgIpc) is 3.08. The molecule has 19 nitrogen and oxygen atoms in total. The molecule has 19 heteroatoms. The summed E-state index contributed by atoms with van der Waals surface area (Å²) in [5, 5.41) is 96.0. The van der Waals surface area contributed by atoms with Crippen molar-refractivity contribution in [2.24, 2.45) is 0 Å². The van der Waals surface area contributed by atoms with E-state index in [-0.39, 0.29) is 12.6 Å². The number of nitrogens with one attached hydrogen (secondary N) is 1. The monoisotopic (exact) mass is 715 g/mol. The normalized spacial score (nSPS) is 39.8. The van der Waals surface area contributed by atoms with Crippen LogP contribution in [0.4, 0.5) is 0 Å². The van der Waals surface area contributed by atoms with Gasteiger partial charge in [-0.1, -0.05) is 25.7 Å². The van der Waals surface area contributed by atoms with Gasteiger partial charge < -0.3 is 84.4 Å². The summed E-state index contributed by atoms with van der Waals surface area (Å²) in [5.74, 6) is -0.786. The number of hydrogen-bond acceptors (Lipinski definition) is 18. The van der Waals surface area contributed by atoms with Crippen molar-refractivity contribution in [3.8, 4) is 0 Å². The molecule has 0 radical (unpaired) electrons. The molecule has 0 aromatic rings. The summed E-state index contributed by atoms with van der Waals surface area (Å²) in [6.07, 6.45) is -17.5. The number of esters is 1. The summed E-state index contributed by atoms with van der Waals surface area (Å²) < 4.78 is 38.6. The molecule has 49 heavy (non-hydrogen) atoms. The van der Waals surface area contributed by atoms with Crippen molar-refractivity contribution in [1.82, 2.24) is 5.32 Å². The fraction of sp³-hybridized carbons (Fsp3) is 0.933. The number of aliphatic hydroxyl groups excluding tert-OH is 9. The second kappa shape index (κ2) is 20.4. The Bertz CT molecular complexity index is 993. The minimum atomic E-state index is -1.91. The quantitative estimate of drug-likeness (QED) is 0.0472. The van der Waals surface area contributed by atoms with E-state index < -0.39 is 118 Å². The molecule has 10 N–H and O–H groups in total. The predicted octanol–water partition coefficient (Wildman–Crippen LogP) is -4.50. The van der Waals surface area contributed by atoms with Gasteiger partial charge in [0.1, 0.15) is 73.2 Å². The molecule has 0 bridgehead atoms. The first-order valence-corrected chi connectivity index (χ1v) is 16.5. The SMILES string of the molecule is COC(=O)CCCCCCCCO[C@@H]1O[C@H](CO)[C@@H](O[C@@H]2O[C@H](CO)[C@H](O)[C@H](O[C@H]3O[C@H](CO)[C@H](O)[C@H](O)[C@H]3O)[C@H]2O)[C@H](O)[C@H]1NC(C)=O. The summed E-state index contributed by atoms with van der Waals surface area (Å²) in [7, 11) is 1.35. The molecule has 3 heterocycles. The van der Waals surface area contributed by atoms with Gasteiger partial charge in [-0.15, -0.1) is 0 Å². The van der Waals surface area contributed by atoms with Crippen LogP contribution in [0, 0.1) is 0 Å². The van der Waals surface area contributed by atoms with Crippen molar-refractivity contribution in [3.63, 3.8) is 0 Å². The molecule has 286 valence electrons. The van der Waals surface area contributed by atoms with Crippen LogP contribution in [0.15, 0.2) is 0 Å². The lowest BCUT2D eigenvalue weighted by Crippen LogP contribution is -2.68. The molecule has 1 amide bonds. The molecule has 3 aliphatic rings. The molecule has 0 aromatic heterocycles. The number of carbonyl (C=O) groups excluding carboxylic acids is 2. The van der Waals surface area contributed by atoms with Gasteiger partial charge in [0.15, 0.2) is 18.9 Å². The molecular formula is C30H53NO18. The van der Waals surface area contributed by atoms with Gasteiger partial charge >= 0.3 is 5.97 Å². The number of aliphatic hydroxyl groups is 9. The number of methoxy groups -OCH3 is 1. The molecule has 15 atom stereocenters. The molecule has 0 aliphatic carbocycles. The Kier molecular flexibility index (Phi) is 17.4. The van der Waals surface area contributed by atoms with Gasteiger partial charge in [-0.2, -0.15) is 0 Å². The maximum Gasteiger partial charge on any atom is 0.305 e. The Morgan fingerprint density at radius 3 is 1.73 bits per heavy atom. The number of unbranched alkanes of at least 4 members (excludes halogenated alkanes) is 5. The van der Waals surface area contributed by atoms with Crippen molar-refractivity contribution < 1.29 is 88.7 Å². The van der Waals surface area contributed by atoms with E-state index in [2.05, 4.69) is 10.1 Å². The molecule has 0 unspecified atom stereocenters. The molecular weight excluding hydrogens is 662 g/mol. The van der Waals surface area contributed by atoms with Crippen LogP contribution in [0.2, 0.25) is 0 Å². The van der Waals surface area contributed by atoms with Crippen LogP contribution in [-0.4, -0.2) is 183 Å². The van der Waals surface area contributed by atoms with Crippen LogP contribution in [0.3, 0.4) is 0 Å². The summed E-state index contributed by atoms with van der Waals surface area (Å²) in [6.45, 7) is -0.888. The second-order valence-corrected chi connectivity index (χ2v) is 12.4. The van der Waals surface area contributed by atoms with Gasteiger partial charge in [-0.05, 0) is 12.8 Å². The van der Waals surface area contributed by atoms with Gasteiger partial charge in [-0.3, -0.25) is 9.59 Å². The standard InChI is InChI=1S/C30H53NO18/c1-14(35)31-19-22(39)26(17(13-34)47-28(19)44-10-8-6-4-3-5-7-9-18(36)43-2)48-30-25(42)27(21(38)16(12-33)46-30)49-29-24(41)23(40)20(37)15(11-32)45-29/h15-17,19-30,32-34,37-42H,3-13H2,1-2H3,(H,31,35)/t15-,16-,17-,19-,20+,21+,22-,23+,24-,25-,26-,27+,28-,29-,30+/m1/s1. The number of ether oxygens (including phenoxy) is 7. The Labute approximate surface area is 283 Å². The average molecular weight is 716 g/mol. The van der Waals surface area contributed by atoms with Crippen LogP contribution < -0.4 is 5.32 Å². The van der Waals surface area contributed by atoms with Crippen molar-refractivity contribution in [1.29, 1.82) is 0 Å². The zero-order valence-electron chi connectivity index (χ0n) is 27.6. The fourth-order valence-electron chi connectivity index (χ4n) is 5.96. The van der Waals surface area contributed by atoms with Gasteiger partial charge in [0.25, 0.3) is 0 Å². The zero-order chi connectivity index (χ0) is 36.2. The molecule has 3 rings (SSSR count). The molecule has 0 aromatic carbocycles. The predicted molar refractivity (Wildman–Crippen MR) is 161 cm³/mol. The Morgan fingerprint density at radius 2 is 1.14 bits per heavy atom. The topological polar surface area (TPSA) is 293 Å². The van der Waals surface area contributed by atoms with E-state index in [1.807, 2.05) is 0 Å². The first-order valence-electron chi connectivity index (χ1n) is 16.5. The summed E-state index contributed by atoms with van der Waals surface area (Å²) in [5.41, 5.74) is 0. The Morgan fingerprint density at radius 1 is 0.612 bits per heavy atom. The fourth-order valence-corrected chi connectivity index (χ4v) is 5.96. The van der Waals surface area contributed by atoms with Gasteiger partial charge in [-0.25, -0.2) is 0 Å². The summed E-state index contributed by atoms with van der Waals surface area (Å²) in [6, 6.07) is -1.20. The minimum absolute atomic E-state index is 0.191. The van der Waals surface area contributed by atoms with Crippen LogP contribution >= 0.6 is 0 Å². The van der Waals surface area contributed by atoms with Crippen LogP contribution in [-0.2, 0) is 42.7 Å². The molecule has 3 fully saturated rings. The Hall–Kier alpha value is -1.66. The van der Waals surface area contributed by atoms with E-state index in [9.17, 15) is 55.5 Å². The van der Waals surface area contributed by atoms with Crippen molar-refractivity contribution in [2.75, 3.05) is 33.5 Å². The molecule has 3 aliphatic heterocycles. The van der Waals surface area contributed by atoms with Crippen molar-refractivity contribution >= 4 is 11.9 Å². The number of amides is 1. The summed E-state index contributed by atoms with van der Waals surface area (Å²) >= 11 is 0. The highest BCUT2D eigenvalue weighted by Crippen LogP contribution is 2.33. The van der Waals surface area contributed by atoms with Crippen LogP contribution in [0.1, 0.15) is 51.9 Å². The molecule has 0 spiro atoms. The Balaban J connectivity index is 1.64.